The summed E-state index contributed by atoms with van der Waals surface area (Å²) in [6.07, 6.45) is 9.80. The van der Waals surface area contributed by atoms with Crippen LogP contribution in [0.25, 0.3) is 0 Å². The van der Waals surface area contributed by atoms with E-state index in [1.165, 1.54) is 77.1 Å². The number of nitrogens with one attached hydrogen (secondary N) is 2. The van der Waals surface area contributed by atoms with Gasteiger partial charge in [-0.2, -0.15) is 0 Å². The highest BCUT2D eigenvalue weighted by molar-refractivity contribution is 5.88. The van der Waals surface area contributed by atoms with Crippen LogP contribution in [0, 0.1) is 5.92 Å². The number of hydrogen-bond acceptors (Lipinski definition) is 3. The predicted octanol–water partition coefficient (Wildman–Crippen LogP) is 3.78. The van der Waals surface area contributed by atoms with Gasteiger partial charge in [-0.05, 0) is 55.8 Å². The second-order valence-electron chi connectivity index (χ2n) is 7.86. The molecule has 138 valence electrons. The molecular weight excluding hydrogens is 310 g/mol. The number of benzene rings is 1. The first-order valence-electron chi connectivity index (χ1n) is 10.0. The fraction of sp³-hybridized carbons (Fsp3) is 0.667. The highest BCUT2D eigenvalue weighted by Gasteiger charge is 2.23. The Labute approximate surface area is 152 Å². The van der Waals surface area contributed by atoms with Crippen molar-refractivity contribution in [1.82, 2.24) is 10.2 Å². The SMILES string of the molecule is CC(=O)Nc1ccc(CN[C@@H]2CCCN(CC3CCCCC3)C2)cc1. The minimum atomic E-state index is -0.0221. The van der Waals surface area contributed by atoms with Crippen molar-refractivity contribution in [1.29, 1.82) is 0 Å². The second kappa shape index (κ2) is 9.35. The van der Waals surface area contributed by atoms with E-state index in [2.05, 4.69) is 27.7 Å². The van der Waals surface area contributed by atoms with Crippen molar-refractivity contribution >= 4 is 11.6 Å². The van der Waals surface area contributed by atoms with E-state index in [4.69, 9.17) is 0 Å². The summed E-state index contributed by atoms with van der Waals surface area (Å²) in [5, 5.41) is 6.55. The fourth-order valence-corrected chi connectivity index (χ4v) is 4.29. The van der Waals surface area contributed by atoms with Crippen molar-refractivity contribution in [2.45, 2.75) is 64.5 Å². The van der Waals surface area contributed by atoms with E-state index < -0.39 is 0 Å². The third kappa shape index (κ3) is 6.12. The summed E-state index contributed by atoms with van der Waals surface area (Å²) in [7, 11) is 0. The molecule has 2 fully saturated rings. The molecule has 3 rings (SSSR count). The van der Waals surface area contributed by atoms with Gasteiger partial charge in [-0.1, -0.05) is 31.4 Å². The molecule has 0 aromatic heterocycles. The van der Waals surface area contributed by atoms with Crippen molar-refractivity contribution in [3.8, 4) is 0 Å². The summed E-state index contributed by atoms with van der Waals surface area (Å²) >= 11 is 0. The molecule has 25 heavy (non-hydrogen) atoms. The number of likely N-dealkylation sites (tertiary alicyclic amines) is 1. The van der Waals surface area contributed by atoms with Gasteiger partial charge in [0.25, 0.3) is 0 Å². The van der Waals surface area contributed by atoms with Crippen molar-refractivity contribution < 1.29 is 4.79 Å². The average molecular weight is 344 g/mol. The molecule has 0 radical (unpaired) electrons. The molecule has 4 nitrogen and oxygen atoms in total. The van der Waals surface area contributed by atoms with Gasteiger partial charge in [0.2, 0.25) is 5.91 Å². The third-order valence-corrected chi connectivity index (χ3v) is 5.62. The Morgan fingerprint density at radius 3 is 2.56 bits per heavy atom. The molecule has 1 aliphatic carbocycles. The molecule has 2 aliphatic rings. The maximum atomic E-state index is 11.1. The van der Waals surface area contributed by atoms with E-state index >= 15 is 0 Å². The van der Waals surface area contributed by atoms with Crippen LogP contribution in [0.2, 0.25) is 0 Å². The average Bonchev–Trinajstić information content (AvgIpc) is 2.62. The number of amides is 1. The summed E-state index contributed by atoms with van der Waals surface area (Å²) in [6.45, 7) is 6.23. The molecule has 1 saturated carbocycles. The number of rotatable bonds is 6. The van der Waals surface area contributed by atoms with Crippen LogP contribution in [0.15, 0.2) is 24.3 Å². The van der Waals surface area contributed by atoms with Gasteiger partial charge in [0.1, 0.15) is 0 Å². The normalized spacial score (nSPS) is 22.7. The zero-order chi connectivity index (χ0) is 17.5. The van der Waals surface area contributed by atoms with Crippen LogP contribution in [0.1, 0.15) is 57.4 Å². The minimum absolute atomic E-state index is 0.0221. The molecule has 1 atom stereocenters. The van der Waals surface area contributed by atoms with E-state index in [-0.39, 0.29) is 5.91 Å². The van der Waals surface area contributed by atoms with E-state index in [9.17, 15) is 4.79 Å². The van der Waals surface area contributed by atoms with Crippen LogP contribution < -0.4 is 10.6 Å². The van der Waals surface area contributed by atoms with Crippen molar-refractivity contribution in [2.75, 3.05) is 25.0 Å². The van der Waals surface area contributed by atoms with Crippen molar-refractivity contribution in [3.63, 3.8) is 0 Å². The summed E-state index contributed by atoms with van der Waals surface area (Å²) in [5.41, 5.74) is 2.14. The lowest BCUT2D eigenvalue weighted by Gasteiger charge is -2.36. The molecule has 1 aromatic rings. The topological polar surface area (TPSA) is 44.4 Å². The molecule has 1 aliphatic heterocycles. The molecule has 1 aromatic carbocycles. The smallest absolute Gasteiger partial charge is 0.221 e. The van der Waals surface area contributed by atoms with Gasteiger partial charge in [0, 0.05) is 38.3 Å². The quantitative estimate of drug-likeness (QED) is 0.826. The van der Waals surface area contributed by atoms with Crippen molar-refractivity contribution in [3.05, 3.63) is 29.8 Å². The van der Waals surface area contributed by atoms with Crippen LogP contribution in [0.5, 0.6) is 0 Å². The largest absolute Gasteiger partial charge is 0.326 e. The molecule has 0 bridgehead atoms. The fourth-order valence-electron chi connectivity index (χ4n) is 4.29. The van der Waals surface area contributed by atoms with Gasteiger partial charge in [0.15, 0.2) is 0 Å². The number of nitrogens with zero attached hydrogens (tertiary/aromatic N) is 1. The minimum Gasteiger partial charge on any atom is -0.326 e. The molecule has 1 amide bonds. The first-order valence-corrected chi connectivity index (χ1v) is 10.0. The van der Waals surface area contributed by atoms with E-state index in [0.717, 1.165) is 18.2 Å². The molecule has 0 unspecified atom stereocenters. The van der Waals surface area contributed by atoms with Crippen LogP contribution in [0.3, 0.4) is 0 Å². The van der Waals surface area contributed by atoms with E-state index in [1.807, 2.05) is 12.1 Å². The highest BCUT2D eigenvalue weighted by atomic mass is 16.1. The first kappa shape index (κ1) is 18.4. The van der Waals surface area contributed by atoms with Gasteiger partial charge >= 0.3 is 0 Å². The van der Waals surface area contributed by atoms with E-state index in [1.54, 1.807) is 0 Å². The van der Waals surface area contributed by atoms with Gasteiger partial charge in [-0.25, -0.2) is 0 Å². The zero-order valence-corrected chi connectivity index (χ0v) is 15.6. The summed E-state index contributed by atoms with van der Waals surface area (Å²) in [5.74, 6) is 0.917. The van der Waals surface area contributed by atoms with Gasteiger partial charge in [-0.15, -0.1) is 0 Å². The summed E-state index contributed by atoms with van der Waals surface area (Å²) in [4.78, 5) is 13.8. The van der Waals surface area contributed by atoms with Gasteiger partial charge in [-0.3, -0.25) is 4.79 Å². The molecule has 1 saturated heterocycles. The Kier molecular flexibility index (Phi) is 6.88. The van der Waals surface area contributed by atoms with Crippen LogP contribution in [-0.2, 0) is 11.3 Å². The van der Waals surface area contributed by atoms with Crippen LogP contribution in [0.4, 0.5) is 5.69 Å². The molecular formula is C21H33N3O. The first-order chi connectivity index (χ1) is 12.2. The predicted molar refractivity (Wildman–Crippen MR) is 104 cm³/mol. The van der Waals surface area contributed by atoms with Crippen LogP contribution in [-0.4, -0.2) is 36.5 Å². The maximum absolute atomic E-state index is 11.1. The molecule has 0 spiro atoms. The highest BCUT2D eigenvalue weighted by Crippen LogP contribution is 2.25. The Morgan fingerprint density at radius 2 is 1.84 bits per heavy atom. The lowest BCUT2D eigenvalue weighted by molar-refractivity contribution is -0.114. The Morgan fingerprint density at radius 1 is 1.08 bits per heavy atom. The third-order valence-electron chi connectivity index (χ3n) is 5.62. The van der Waals surface area contributed by atoms with E-state index in [0.29, 0.717) is 6.04 Å². The van der Waals surface area contributed by atoms with Gasteiger partial charge in [0.05, 0.1) is 0 Å². The molecule has 2 N–H and O–H groups in total. The number of piperidine rings is 1. The van der Waals surface area contributed by atoms with Gasteiger partial charge < -0.3 is 15.5 Å². The summed E-state index contributed by atoms with van der Waals surface area (Å²) in [6, 6.07) is 8.76. The number of anilines is 1. The Bertz CT molecular complexity index is 537. The standard InChI is InChI=1S/C21H33N3O/c1-17(25)23-20-11-9-18(10-12-20)14-22-21-8-5-13-24(16-21)15-19-6-3-2-4-7-19/h9-12,19,21-22H,2-8,13-16H2,1H3,(H,23,25)/t21-/m1/s1. The second-order valence-corrected chi connectivity index (χ2v) is 7.86. The number of hydrogen-bond donors (Lipinski definition) is 2. The summed E-state index contributed by atoms with van der Waals surface area (Å²) < 4.78 is 0. The molecule has 4 heteroatoms. The Balaban J connectivity index is 1.42. The maximum Gasteiger partial charge on any atom is 0.221 e. The monoisotopic (exact) mass is 343 g/mol. The number of carbonyl (C=O) groups is 1. The molecule has 1 heterocycles. The van der Waals surface area contributed by atoms with Crippen molar-refractivity contribution in [2.24, 2.45) is 5.92 Å². The Hall–Kier alpha value is -1.39. The lowest BCUT2D eigenvalue weighted by Crippen LogP contribution is -2.47. The zero-order valence-electron chi connectivity index (χ0n) is 15.6. The number of carbonyl (C=O) groups excluding carboxylic acids is 1. The van der Waals surface area contributed by atoms with Crippen LogP contribution >= 0.6 is 0 Å². The lowest BCUT2D eigenvalue weighted by atomic mass is 9.88.